The Hall–Kier alpha value is -1.60. The van der Waals surface area contributed by atoms with Crippen LogP contribution in [0.15, 0.2) is 11.4 Å². The van der Waals surface area contributed by atoms with Crippen molar-refractivity contribution < 1.29 is 9.59 Å². The number of carbonyl (C=O) groups is 2. The molecule has 142 valence electrons. The Morgan fingerprint density at radius 1 is 1.23 bits per heavy atom. The molecule has 4 rings (SSSR count). The highest BCUT2D eigenvalue weighted by atomic mass is 32.1. The third-order valence-electron chi connectivity index (χ3n) is 5.90. The third-order valence-corrected chi connectivity index (χ3v) is 6.93. The first-order valence-corrected chi connectivity index (χ1v) is 10.6. The Labute approximate surface area is 159 Å². The Morgan fingerprint density at radius 2 is 2.12 bits per heavy atom. The van der Waals surface area contributed by atoms with Crippen LogP contribution in [0.3, 0.4) is 0 Å². The number of nitrogens with one attached hydrogen (secondary N) is 1. The number of thiophene rings is 1. The lowest BCUT2D eigenvalue weighted by Crippen LogP contribution is -2.56. The highest BCUT2D eigenvalue weighted by Crippen LogP contribution is 2.26. The molecule has 3 aliphatic rings. The van der Waals surface area contributed by atoms with Gasteiger partial charge in [-0.1, -0.05) is 0 Å². The molecule has 1 unspecified atom stereocenters. The van der Waals surface area contributed by atoms with Crippen LogP contribution in [0.4, 0.5) is 4.79 Å². The van der Waals surface area contributed by atoms with E-state index in [0.29, 0.717) is 13.1 Å². The summed E-state index contributed by atoms with van der Waals surface area (Å²) >= 11 is 1.79. The number of amides is 3. The maximum Gasteiger partial charge on any atom is 0.320 e. The number of hydrogen-bond donors (Lipinski definition) is 1. The van der Waals surface area contributed by atoms with Gasteiger partial charge in [0.1, 0.15) is 0 Å². The fourth-order valence-corrected chi connectivity index (χ4v) is 5.26. The van der Waals surface area contributed by atoms with Crippen LogP contribution in [0, 0.1) is 5.92 Å². The highest BCUT2D eigenvalue weighted by molar-refractivity contribution is 7.10. The van der Waals surface area contributed by atoms with E-state index in [0.717, 1.165) is 52.0 Å². The zero-order valence-electron chi connectivity index (χ0n) is 15.4. The zero-order chi connectivity index (χ0) is 18.1. The van der Waals surface area contributed by atoms with Crippen molar-refractivity contribution in [2.45, 2.75) is 38.8 Å². The normalized spacial score (nSPS) is 26.6. The summed E-state index contributed by atoms with van der Waals surface area (Å²) in [6, 6.07) is 2.47. The maximum absolute atomic E-state index is 13.0. The van der Waals surface area contributed by atoms with Crippen molar-refractivity contribution >= 4 is 23.3 Å². The number of likely N-dealkylation sites (tertiary alicyclic amines) is 1. The molecule has 3 aliphatic heterocycles. The van der Waals surface area contributed by atoms with Crippen LogP contribution in [0.2, 0.25) is 0 Å². The summed E-state index contributed by atoms with van der Waals surface area (Å²) in [5.41, 5.74) is 1.29. The Bertz CT molecular complexity index is 676. The van der Waals surface area contributed by atoms with Gasteiger partial charge >= 0.3 is 6.03 Å². The van der Waals surface area contributed by atoms with Gasteiger partial charge < -0.3 is 20.0 Å². The number of piperidine rings is 1. The Morgan fingerprint density at radius 3 is 2.96 bits per heavy atom. The van der Waals surface area contributed by atoms with Crippen molar-refractivity contribution in [3.05, 3.63) is 21.9 Å². The largest absolute Gasteiger partial charge is 0.337 e. The second-order valence-corrected chi connectivity index (χ2v) is 8.69. The van der Waals surface area contributed by atoms with Crippen molar-refractivity contribution in [1.82, 2.24) is 20.0 Å². The molecule has 2 saturated heterocycles. The second kappa shape index (κ2) is 7.56. The van der Waals surface area contributed by atoms with Gasteiger partial charge in [0.25, 0.3) is 0 Å². The predicted molar refractivity (Wildman–Crippen MR) is 102 cm³/mol. The lowest BCUT2D eigenvalue weighted by molar-refractivity contribution is -0.139. The van der Waals surface area contributed by atoms with Crippen LogP contribution >= 0.6 is 11.3 Å². The first-order chi connectivity index (χ1) is 12.6. The SMILES string of the molecule is C[C@@H]1CNCCN1C(=O)C1CCCN(C(=O)N2CCc3sccc3C2)C1. The fourth-order valence-electron chi connectivity index (χ4n) is 4.37. The molecule has 4 heterocycles. The molecule has 1 N–H and O–H groups in total. The zero-order valence-corrected chi connectivity index (χ0v) is 16.3. The van der Waals surface area contributed by atoms with Crippen LogP contribution < -0.4 is 5.32 Å². The Balaban J connectivity index is 1.39. The van der Waals surface area contributed by atoms with E-state index in [1.807, 2.05) is 14.7 Å². The minimum atomic E-state index is -0.0465. The lowest BCUT2D eigenvalue weighted by Gasteiger charge is -2.41. The number of urea groups is 1. The van der Waals surface area contributed by atoms with Gasteiger partial charge in [-0.25, -0.2) is 4.79 Å². The molecule has 26 heavy (non-hydrogen) atoms. The van der Waals surface area contributed by atoms with Crippen LogP contribution in [-0.4, -0.2) is 71.9 Å². The highest BCUT2D eigenvalue weighted by Gasteiger charge is 2.35. The van der Waals surface area contributed by atoms with Crippen molar-refractivity contribution in [2.75, 3.05) is 39.3 Å². The minimum Gasteiger partial charge on any atom is -0.337 e. The van der Waals surface area contributed by atoms with E-state index in [-0.39, 0.29) is 23.9 Å². The topological polar surface area (TPSA) is 55.9 Å². The molecule has 0 aliphatic carbocycles. The van der Waals surface area contributed by atoms with E-state index < -0.39 is 0 Å². The van der Waals surface area contributed by atoms with Crippen molar-refractivity contribution in [3.63, 3.8) is 0 Å². The first kappa shape index (κ1) is 17.8. The van der Waals surface area contributed by atoms with Gasteiger partial charge in [-0.05, 0) is 43.2 Å². The number of fused-ring (bicyclic) bond motifs is 1. The van der Waals surface area contributed by atoms with Crippen molar-refractivity contribution in [2.24, 2.45) is 5.92 Å². The average molecular weight is 377 g/mol. The van der Waals surface area contributed by atoms with Crippen LogP contribution in [0.25, 0.3) is 0 Å². The molecule has 2 fully saturated rings. The second-order valence-electron chi connectivity index (χ2n) is 7.69. The monoisotopic (exact) mass is 376 g/mol. The molecule has 0 bridgehead atoms. The maximum atomic E-state index is 13.0. The summed E-state index contributed by atoms with van der Waals surface area (Å²) < 4.78 is 0. The molecule has 3 amide bonds. The molecule has 7 heteroatoms. The van der Waals surface area contributed by atoms with Gasteiger partial charge in [0.2, 0.25) is 5.91 Å². The molecule has 1 aromatic heterocycles. The van der Waals surface area contributed by atoms with Gasteiger partial charge in [0, 0.05) is 56.7 Å². The molecule has 0 radical (unpaired) electrons. The number of carbonyl (C=O) groups excluding carboxylic acids is 2. The molecule has 6 nitrogen and oxygen atoms in total. The summed E-state index contributed by atoms with van der Waals surface area (Å²) in [6.45, 7) is 7.44. The quantitative estimate of drug-likeness (QED) is 0.813. The first-order valence-electron chi connectivity index (χ1n) is 9.74. The summed E-state index contributed by atoms with van der Waals surface area (Å²) in [5.74, 6) is 0.185. The van der Waals surface area contributed by atoms with E-state index >= 15 is 0 Å². The molecular formula is C19H28N4O2S. The average Bonchev–Trinajstić information content (AvgIpc) is 3.15. The van der Waals surface area contributed by atoms with E-state index in [9.17, 15) is 9.59 Å². The third kappa shape index (κ3) is 3.47. The minimum absolute atomic E-state index is 0.0465. The van der Waals surface area contributed by atoms with E-state index in [1.54, 1.807) is 11.3 Å². The summed E-state index contributed by atoms with van der Waals surface area (Å²) in [6.07, 6.45) is 2.77. The van der Waals surface area contributed by atoms with Gasteiger partial charge in [-0.3, -0.25) is 4.79 Å². The Kier molecular flexibility index (Phi) is 5.18. The van der Waals surface area contributed by atoms with E-state index in [2.05, 4.69) is 23.7 Å². The molecule has 2 atom stereocenters. The molecular weight excluding hydrogens is 348 g/mol. The predicted octanol–water partition coefficient (Wildman–Crippen LogP) is 1.76. The summed E-state index contributed by atoms with van der Waals surface area (Å²) in [4.78, 5) is 33.3. The number of hydrogen-bond acceptors (Lipinski definition) is 4. The molecule has 0 saturated carbocycles. The van der Waals surface area contributed by atoms with Gasteiger partial charge in [0.05, 0.1) is 5.92 Å². The molecule has 0 spiro atoms. The van der Waals surface area contributed by atoms with Crippen molar-refractivity contribution in [1.29, 1.82) is 0 Å². The van der Waals surface area contributed by atoms with Crippen LogP contribution in [-0.2, 0) is 17.8 Å². The smallest absolute Gasteiger partial charge is 0.320 e. The lowest BCUT2D eigenvalue weighted by atomic mass is 9.95. The van der Waals surface area contributed by atoms with Gasteiger partial charge in [0.15, 0.2) is 0 Å². The van der Waals surface area contributed by atoms with Crippen LogP contribution in [0.1, 0.15) is 30.2 Å². The molecule has 0 aromatic carbocycles. The summed E-state index contributed by atoms with van der Waals surface area (Å²) in [5, 5.41) is 5.45. The number of rotatable bonds is 1. The number of nitrogens with zero attached hydrogens (tertiary/aromatic N) is 3. The van der Waals surface area contributed by atoms with Crippen LogP contribution in [0.5, 0.6) is 0 Å². The summed E-state index contributed by atoms with van der Waals surface area (Å²) in [7, 11) is 0. The standard InChI is InChI=1S/C19H28N4O2S/c1-14-11-20-6-9-23(14)18(24)16-3-2-7-21(13-16)19(25)22-8-4-17-15(12-22)5-10-26-17/h5,10,14,16,20H,2-4,6-9,11-13H2,1H3/t14-,16?/m1/s1. The van der Waals surface area contributed by atoms with E-state index in [4.69, 9.17) is 0 Å². The number of piperazine rings is 1. The van der Waals surface area contributed by atoms with Gasteiger partial charge in [-0.2, -0.15) is 0 Å². The molecule has 1 aromatic rings. The van der Waals surface area contributed by atoms with Crippen molar-refractivity contribution in [3.8, 4) is 0 Å². The van der Waals surface area contributed by atoms with Gasteiger partial charge in [-0.15, -0.1) is 11.3 Å². The van der Waals surface area contributed by atoms with E-state index in [1.165, 1.54) is 10.4 Å². The fraction of sp³-hybridized carbons (Fsp3) is 0.684.